The topological polar surface area (TPSA) is 79.4 Å². The van der Waals surface area contributed by atoms with Crippen LogP contribution in [-0.2, 0) is 9.47 Å². The van der Waals surface area contributed by atoms with Crippen LogP contribution in [0.2, 0.25) is 0 Å². The van der Waals surface area contributed by atoms with Crippen LogP contribution in [0.4, 0.5) is 0 Å². The molecular weight excluding hydrogens is 580 g/mol. The first kappa shape index (κ1) is 33.3. The van der Waals surface area contributed by atoms with E-state index in [1.807, 2.05) is 98.8 Å². The second-order valence-electron chi connectivity index (χ2n) is 10.9. The highest BCUT2D eigenvalue weighted by Gasteiger charge is 2.30. The molecule has 4 aromatic rings. The van der Waals surface area contributed by atoms with E-state index in [1.165, 1.54) is 0 Å². The SMILES string of the molecule is CCOc1ccccc1OC(c1ccccc1)C1CNCCO1.CCOc1ccccc1OC(c1ccccc1)C1CNCCO1. The van der Waals surface area contributed by atoms with E-state index < -0.39 is 0 Å². The van der Waals surface area contributed by atoms with Crippen molar-refractivity contribution in [1.82, 2.24) is 10.6 Å². The van der Waals surface area contributed by atoms with Crippen LogP contribution in [0, 0.1) is 0 Å². The molecule has 0 spiro atoms. The molecule has 2 saturated heterocycles. The van der Waals surface area contributed by atoms with Gasteiger partial charge in [0.15, 0.2) is 35.2 Å². The summed E-state index contributed by atoms with van der Waals surface area (Å²) in [7, 11) is 0. The van der Waals surface area contributed by atoms with E-state index in [9.17, 15) is 0 Å². The Balaban J connectivity index is 0.000000181. The molecule has 2 aliphatic heterocycles. The lowest BCUT2D eigenvalue weighted by atomic mass is 10.0. The lowest BCUT2D eigenvalue weighted by molar-refractivity contribution is -0.0439. The predicted molar refractivity (Wildman–Crippen MR) is 180 cm³/mol. The maximum Gasteiger partial charge on any atom is 0.162 e. The van der Waals surface area contributed by atoms with Gasteiger partial charge in [-0.05, 0) is 49.2 Å². The van der Waals surface area contributed by atoms with Crippen molar-refractivity contribution in [2.75, 3.05) is 52.6 Å². The molecule has 0 amide bonds. The number of para-hydroxylation sites is 4. The summed E-state index contributed by atoms with van der Waals surface area (Å²) in [6.45, 7) is 9.87. The molecule has 0 aromatic heterocycles. The average molecular weight is 627 g/mol. The molecule has 0 aliphatic carbocycles. The molecule has 2 heterocycles. The van der Waals surface area contributed by atoms with E-state index >= 15 is 0 Å². The smallest absolute Gasteiger partial charge is 0.162 e. The van der Waals surface area contributed by atoms with Crippen molar-refractivity contribution in [2.24, 2.45) is 0 Å². The first-order valence-electron chi connectivity index (χ1n) is 16.3. The number of benzene rings is 4. The molecule has 0 bridgehead atoms. The summed E-state index contributed by atoms with van der Waals surface area (Å²) in [5.41, 5.74) is 2.21. The normalized spacial score (nSPS) is 19.1. The van der Waals surface area contributed by atoms with Gasteiger partial charge in [0.2, 0.25) is 0 Å². The minimum atomic E-state index is -0.175. The number of nitrogens with one attached hydrogen (secondary N) is 2. The fraction of sp³-hybridized carbons (Fsp3) is 0.368. The third-order valence-electron chi connectivity index (χ3n) is 7.65. The van der Waals surface area contributed by atoms with Crippen molar-refractivity contribution in [3.8, 4) is 23.0 Å². The molecule has 8 heteroatoms. The monoisotopic (exact) mass is 626 g/mol. The van der Waals surface area contributed by atoms with E-state index in [-0.39, 0.29) is 24.4 Å². The lowest BCUT2D eigenvalue weighted by Gasteiger charge is -2.32. The van der Waals surface area contributed by atoms with Crippen LogP contribution >= 0.6 is 0 Å². The van der Waals surface area contributed by atoms with Gasteiger partial charge in [0, 0.05) is 26.2 Å². The average Bonchev–Trinajstić information content (AvgIpc) is 3.13. The van der Waals surface area contributed by atoms with Gasteiger partial charge in [-0.25, -0.2) is 0 Å². The van der Waals surface area contributed by atoms with Crippen molar-refractivity contribution in [2.45, 2.75) is 38.3 Å². The fourth-order valence-corrected chi connectivity index (χ4v) is 5.48. The molecule has 4 atom stereocenters. The molecule has 46 heavy (non-hydrogen) atoms. The zero-order valence-corrected chi connectivity index (χ0v) is 26.8. The Labute approximate surface area is 272 Å². The highest BCUT2D eigenvalue weighted by atomic mass is 16.6. The number of morpholine rings is 2. The van der Waals surface area contributed by atoms with Crippen LogP contribution < -0.4 is 29.6 Å². The summed E-state index contributed by atoms with van der Waals surface area (Å²) in [4.78, 5) is 0. The number of hydrogen-bond donors (Lipinski definition) is 2. The van der Waals surface area contributed by atoms with Gasteiger partial charge in [0.25, 0.3) is 0 Å². The van der Waals surface area contributed by atoms with Crippen molar-refractivity contribution >= 4 is 0 Å². The predicted octanol–water partition coefficient (Wildman–Crippen LogP) is 6.39. The molecule has 2 aliphatic rings. The van der Waals surface area contributed by atoms with Crippen LogP contribution in [0.25, 0.3) is 0 Å². The van der Waals surface area contributed by atoms with E-state index in [0.717, 1.165) is 60.3 Å². The molecule has 0 saturated carbocycles. The second kappa shape index (κ2) is 18.2. The summed E-state index contributed by atoms with van der Waals surface area (Å²) in [5.74, 6) is 3.02. The molecule has 4 aromatic carbocycles. The van der Waals surface area contributed by atoms with E-state index in [0.29, 0.717) is 26.4 Å². The molecule has 0 radical (unpaired) electrons. The highest BCUT2D eigenvalue weighted by molar-refractivity contribution is 5.41. The zero-order valence-electron chi connectivity index (χ0n) is 26.8. The van der Waals surface area contributed by atoms with Crippen LogP contribution in [0.5, 0.6) is 23.0 Å². The Hall–Kier alpha value is -4.08. The first-order valence-corrected chi connectivity index (χ1v) is 16.3. The lowest BCUT2D eigenvalue weighted by Crippen LogP contribution is -2.43. The van der Waals surface area contributed by atoms with E-state index in [4.69, 9.17) is 28.4 Å². The van der Waals surface area contributed by atoms with Crippen LogP contribution in [-0.4, -0.2) is 64.8 Å². The molecule has 8 nitrogen and oxygen atoms in total. The molecule has 6 rings (SSSR count). The van der Waals surface area contributed by atoms with Crippen LogP contribution in [0.15, 0.2) is 109 Å². The van der Waals surface area contributed by atoms with E-state index in [1.54, 1.807) is 0 Å². The second-order valence-corrected chi connectivity index (χ2v) is 10.9. The molecule has 2 fully saturated rings. The van der Waals surface area contributed by atoms with Gasteiger partial charge in [-0.1, -0.05) is 84.9 Å². The van der Waals surface area contributed by atoms with Crippen molar-refractivity contribution in [1.29, 1.82) is 0 Å². The van der Waals surface area contributed by atoms with Gasteiger partial charge in [0.1, 0.15) is 12.2 Å². The van der Waals surface area contributed by atoms with Gasteiger partial charge in [-0.2, -0.15) is 0 Å². The van der Waals surface area contributed by atoms with Crippen LogP contribution in [0.1, 0.15) is 37.2 Å². The number of rotatable bonds is 12. The maximum atomic E-state index is 6.33. The number of ether oxygens (including phenoxy) is 6. The third-order valence-corrected chi connectivity index (χ3v) is 7.65. The van der Waals surface area contributed by atoms with Gasteiger partial charge in [0.05, 0.1) is 26.4 Å². The quantitative estimate of drug-likeness (QED) is 0.187. The fourth-order valence-electron chi connectivity index (χ4n) is 5.48. The molecule has 2 N–H and O–H groups in total. The Morgan fingerprint density at radius 3 is 1.26 bits per heavy atom. The Morgan fingerprint density at radius 1 is 0.543 bits per heavy atom. The van der Waals surface area contributed by atoms with Crippen LogP contribution in [0.3, 0.4) is 0 Å². The van der Waals surface area contributed by atoms with Crippen molar-refractivity contribution in [3.63, 3.8) is 0 Å². The summed E-state index contributed by atoms with van der Waals surface area (Å²) >= 11 is 0. The largest absolute Gasteiger partial charge is 0.490 e. The zero-order chi connectivity index (χ0) is 31.8. The molecular formula is C38H46N2O6. The van der Waals surface area contributed by atoms with Gasteiger partial charge < -0.3 is 39.1 Å². The van der Waals surface area contributed by atoms with E-state index in [2.05, 4.69) is 34.9 Å². The molecule has 4 unspecified atom stereocenters. The van der Waals surface area contributed by atoms with Gasteiger partial charge in [-0.3, -0.25) is 0 Å². The summed E-state index contributed by atoms with van der Waals surface area (Å²) in [6.07, 6.45) is -0.405. The Bertz CT molecular complexity index is 1300. The molecule has 244 valence electrons. The minimum Gasteiger partial charge on any atom is -0.490 e. The summed E-state index contributed by atoms with van der Waals surface area (Å²) in [6, 6.07) is 36.0. The summed E-state index contributed by atoms with van der Waals surface area (Å²) in [5, 5.41) is 6.75. The van der Waals surface area contributed by atoms with Gasteiger partial charge in [-0.15, -0.1) is 0 Å². The van der Waals surface area contributed by atoms with Crippen molar-refractivity contribution in [3.05, 3.63) is 120 Å². The van der Waals surface area contributed by atoms with Gasteiger partial charge >= 0.3 is 0 Å². The first-order chi connectivity index (χ1) is 22.8. The maximum absolute atomic E-state index is 6.33. The number of hydrogen-bond acceptors (Lipinski definition) is 8. The van der Waals surface area contributed by atoms with Crippen molar-refractivity contribution < 1.29 is 28.4 Å². The highest BCUT2D eigenvalue weighted by Crippen LogP contribution is 2.35. The standard InChI is InChI=1S/2C19H23NO3/c2*1-2-21-16-10-6-7-11-17(16)23-19(15-8-4-3-5-9-15)18-14-20-12-13-22-18/h2*3-11,18-20H,2,12-14H2,1H3. The third kappa shape index (κ3) is 9.47. The Morgan fingerprint density at radius 2 is 0.913 bits per heavy atom. The Kier molecular flexibility index (Phi) is 13.1. The summed E-state index contributed by atoms with van der Waals surface area (Å²) < 4.78 is 35.9. The minimum absolute atomic E-state index is 0.0270.